The molecule has 0 unspecified atom stereocenters. The maximum absolute atomic E-state index is 5.97. The topological polar surface area (TPSA) is 34.1 Å². The highest BCUT2D eigenvalue weighted by Gasteiger charge is 2.02. The Morgan fingerprint density at radius 1 is 1.22 bits per heavy atom. The van der Waals surface area contributed by atoms with Crippen molar-refractivity contribution in [3.8, 4) is 5.75 Å². The number of aromatic nitrogens is 1. The summed E-state index contributed by atoms with van der Waals surface area (Å²) in [6.45, 7) is 0.820. The first-order valence-electron chi connectivity index (χ1n) is 5.76. The highest BCUT2D eigenvalue weighted by atomic mass is 35.5. The molecule has 4 heteroatoms. The SMILES string of the molecule is COc1ccc(Cl)cc1NCCc1ccncc1. The predicted molar refractivity (Wildman–Crippen MR) is 74.4 cm³/mol. The van der Waals surface area contributed by atoms with Crippen molar-refractivity contribution in [2.75, 3.05) is 19.0 Å². The molecule has 1 aromatic heterocycles. The third-order valence-electron chi connectivity index (χ3n) is 2.64. The molecule has 3 nitrogen and oxygen atoms in total. The van der Waals surface area contributed by atoms with E-state index in [0.717, 1.165) is 24.4 Å². The number of nitrogens with zero attached hydrogens (tertiary/aromatic N) is 1. The number of halogens is 1. The van der Waals surface area contributed by atoms with E-state index in [4.69, 9.17) is 16.3 Å². The van der Waals surface area contributed by atoms with E-state index in [2.05, 4.69) is 10.3 Å². The predicted octanol–water partition coefficient (Wildman–Crippen LogP) is 3.40. The van der Waals surface area contributed by atoms with Gasteiger partial charge in [0.1, 0.15) is 5.75 Å². The van der Waals surface area contributed by atoms with Crippen LogP contribution in [0, 0.1) is 0 Å². The molecule has 94 valence electrons. The Hall–Kier alpha value is -1.74. The lowest BCUT2D eigenvalue weighted by molar-refractivity contribution is 0.416. The lowest BCUT2D eigenvalue weighted by atomic mass is 10.2. The van der Waals surface area contributed by atoms with Gasteiger partial charge in [0.2, 0.25) is 0 Å². The second-order valence-corrected chi connectivity index (χ2v) is 4.31. The molecule has 0 radical (unpaired) electrons. The van der Waals surface area contributed by atoms with E-state index < -0.39 is 0 Å². The van der Waals surface area contributed by atoms with Crippen LogP contribution in [0.1, 0.15) is 5.56 Å². The molecule has 1 N–H and O–H groups in total. The molecule has 1 aromatic carbocycles. The van der Waals surface area contributed by atoms with Crippen LogP contribution >= 0.6 is 11.6 Å². The van der Waals surface area contributed by atoms with E-state index in [0.29, 0.717) is 5.02 Å². The van der Waals surface area contributed by atoms with Gasteiger partial charge >= 0.3 is 0 Å². The molecule has 2 rings (SSSR count). The molecule has 2 aromatic rings. The van der Waals surface area contributed by atoms with Crippen molar-refractivity contribution in [1.29, 1.82) is 0 Å². The van der Waals surface area contributed by atoms with Crippen molar-refractivity contribution in [2.24, 2.45) is 0 Å². The molecular formula is C14H15ClN2O. The quantitative estimate of drug-likeness (QED) is 0.897. The van der Waals surface area contributed by atoms with Gasteiger partial charge in [-0.25, -0.2) is 0 Å². The molecular weight excluding hydrogens is 248 g/mol. The standard InChI is InChI=1S/C14H15ClN2O/c1-18-14-3-2-12(15)10-13(14)17-9-6-11-4-7-16-8-5-11/h2-5,7-8,10,17H,6,9H2,1H3. The molecule has 0 amide bonds. The number of pyridine rings is 1. The third-order valence-corrected chi connectivity index (χ3v) is 2.88. The Balaban J connectivity index is 1.96. The van der Waals surface area contributed by atoms with Crippen molar-refractivity contribution in [3.05, 3.63) is 53.3 Å². The molecule has 0 spiro atoms. The number of hydrogen-bond acceptors (Lipinski definition) is 3. The number of nitrogens with one attached hydrogen (secondary N) is 1. The van der Waals surface area contributed by atoms with Gasteiger partial charge in [-0.3, -0.25) is 4.98 Å². The number of ether oxygens (including phenoxy) is 1. The first-order chi connectivity index (χ1) is 8.79. The average Bonchev–Trinajstić information content (AvgIpc) is 2.40. The first kappa shape index (κ1) is 12.7. The van der Waals surface area contributed by atoms with E-state index in [1.165, 1.54) is 5.56 Å². The first-order valence-corrected chi connectivity index (χ1v) is 6.13. The third kappa shape index (κ3) is 3.37. The molecule has 0 aliphatic carbocycles. The second-order valence-electron chi connectivity index (χ2n) is 3.88. The van der Waals surface area contributed by atoms with Gasteiger partial charge in [-0.15, -0.1) is 0 Å². The maximum atomic E-state index is 5.97. The molecule has 0 aliphatic heterocycles. The van der Waals surface area contributed by atoms with E-state index in [1.807, 2.05) is 30.3 Å². The minimum Gasteiger partial charge on any atom is -0.495 e. The van der Waals surface area contributed by atoms with E-state index >= 15 is 0 Å². The summed E-state index contributed by atoms with van der Waals surface area (Å²) in [6, 6.07) is 9.56. The van der Waals surface area contributed by atoms with Crippen LogP contribution in [0.15, 0.2) is 42.7 Å². The Bertz CT molecular complexity index is 502. The van der Waals surface area contributed by atoms with E-state index in [9.17, 15) is 0 Å². The summed E-state index contributed by atoms with van der Waals surface area (Å²) in [6.07, 6.45) is 4.53. The van der Waals surface area contributed by atoms with Crippen molar-refractivity contribution >= 4 is 17.3 Å². The lowest BCUT2D eigenvalue weighted by Gasteiger charge is -2.11. The summed E-state index contributed by atoms with van der Waals surface area (Å²) >= 11 is 5.97. The zero-order valence-electron chi connectivity index (χ0n) is 10.2. The largest absolute Gasteiger partial charge is 0.495 e. The highest BCUT2D eigenvalue weighted by molar-refractivity contribution is 6.30. The van der Waals surface area contributed by atoms with Gasteiger partial charge < -0.3 is 10.1 Å². The van der Waals surface area contributed by atoms with E-state index in [1.54, 1.807) is 19.5 Å². The summed E-state index contributed by atoms with van der Waals surface area (Å²) in [4.78, 5) is 3.99. The summed E-state index contributed by atoms with van der Waals surface area (Å²) < 4.78 is 5.27. The second kappa shape index (κ2) is 6.26. The molecule has 0 saturated carbocycles. The summed E-state index contributed by atoms with van der Waals surface area (Å²) in [5.41, 5.74) is 2.16. The Morgan fingerprint density at radius 2 is 2.00 bits per heavy atom. The minimum atomic E-state index is 0.696. The highest BCUT2D eigenvalue weighted by Crippen LogP contribution is 2.27. The molecule has 0 fully saturated rings. The van der Waals surface area contributed by atoms with Crippen LogP contribution in [-0.4, -0.2) is 18.6 Å². The minimum absolute atomic E-state index is 0.696. The van der Waals surface area contributed by atoms with Crippen LogP contribution in [0.2, 0.25) is 5.02 Å². The molecule has 0 bridgehead atoms. The molecule has 0 aliphatic rings. The van der Waals surface area contributed by atoms with Gasteiger partial charge in [0, 0.05) is 24.0 Å². The van der Waals surface area contributed by atoms with Crippen molar-refractivity contribution in [1.82, 2.24) is 4.98 Å². The van der Waals surface area contributed by atoms with Gasteiger partial charge in [-0.1, -0.05) is 11.6 Å². The molecule has 0 atom stereocenters. The van der Waals surface area contributed by atoms with Gasteiger partial charge in [-0.2, -0.15) is 0 Å². The fourth-order valence-corrected chi connectivity index (χ4v) is 1.88. The van der Waals surface area contributed by atoms with Crippen molar-refractivity contribution in [2.45, 2.75) is 6.42 Å². The van der Waals surface area contributed by atoms with Crippen LogP contribution in [0.4, 0.5) is 5.69 Å². The molecule has 0 saturated heterocycles. The number of rotatable bonds is 5. The Morgan fingerprint density at radius 3 is 2.72 bits per heavy atom. The lowest BCUT2D eigenvalue weighted by Crippen LogP contribution is -2.06. The number of methoxy groups -OCH3 is 1. The number of benzene rings is 1. The van der Waals surface area contributed by atoms with Crippen LogP contribution in [-0.2, 0) is 6.42 Å². The fraction of sp³-hybridized carbons (Fsp3) is 0.214. The van der Waals surface area contributed by atoms with Crippen LogP contribution < -0.4 is 10.1 Å². The smallest absolute Gasteiger partial charge is 0.142 e. The normalized spacial score (nSPS) is 10.1. The summed E-state index contributed by atoms with van der Waals surface area (Å²) in [5, 5.41) is 4.02. The number of anilines is 1. The van der Waals surface area contributed by atoms with Crippen molar-refractivity contribution in [3.63, 3.8) is 0 Å². The summed E-state index contributed by atoms with van der Waals surface area (Å²) in [7, 11) is 1.65. The Kier molecular flexibility index (Phi) is 4.42. The number of hydrogen-bond donors (Lipinski definition) is 1. The van der Waals surface area contributed by atoms with Gasteiger partial charge in [-0.05, 0) is 42.3 Å². The van der Waals surface area contributed by atoms with Crippen LogP contribution in [0.25, 0.3) is 0 Å². The zero-order valence-corrected chi connectivity index (χ0v) is 10.9. The van der Waals surface area contributed by atoms with Gasteiger partial charge in [0.15, 0.2) is 0 Å². The van der Waals surface area contributed by atoms with Crippen LogP contribution in [0.3, 0.4) is 0 Å². The molecule has 18 heavy (non-hydrogen) atoms. The molecule has 1 heterocycles. The monoisotopic (exact) mass is 262 g/mol. The van der Waals surface area contributed by atoms with Gasteiger partial charge in [0.25, 0.3) is 0 Å². The van der Waals surface area contributed by atoms with Crippen LogP contribution in [0.5, 0.6) is 5.75 Å². The fourth-order valence-electron chi connectivity index (χ4n) is 1.71. The maximum Gasteiger partial charge on any atom is 0.142 e. The van der Waals surface area contributed by atoms with Crippen molar-refractivity contribution < 1.29 is 4.74 Å². The Labute approximate surface area is 112 Å². The summed E-state index contributed by atoms with van der Waals surface area (Å²) in [5.74, 6) is 0.800. The van der Waals surface area contributed by atoms with E-state index in [-0.39, 0.29) is 0 Å². The average molecular weight is 263 g/mol. The van der Waals surface area contributed by atoms with Gasteiger partial charge in [0.05, 0.1) is 12.8 Å². The zero-order chi connectivity index (χ0) is 12.8.